The largest absolute Gasteiger partial charge is 0.489 e. The summed E-state index contributed by atoms with van der Waals surface area (Å²) in [6.07, 6.45) is 1.47. The molecular weight excluding hydrogens is 290 g/mol. The van der Waals surface area contributed by atoms with E-state index in [4.69, 9.17) is 4.74 Å². The number of carboxylic acid groups (broad SMARTS) is 1. The zero-order valence-electron chi connectivity index (χ0n) is 12.3. The summed E-state index contributed by atoms with van der Waals surface area (Å²) in [7, 11) is 0. The van der Waals surface area contributed by atoms with Crippen LogP contribution in [-0.4, -0.2) is 16.1 Å². The Kier molecular flexibility index (Phi) is 4.34. The van der Waals surface area contributed by atoms with Gasteiger partial charge in [-0.1, -0.05) is 48.5 Å². The fourth-order valence-corrected chi connectivity index (χ4v) is 2.30. The molecule has 4 heteroatoms. The molecule has 0 aliphatic heterocycles. The number of nitrogens with zero attached hydrogens (tertiary/aromatic N) is 1. The second-order valence-corrected chi connectivity index (χ2v) is 5.01. The quantitative estimate of drug-likeness (QED) is 0.773. The minimum atomic E-state index is -1.05. The van der Waals surface area contributed by atoms with Crippen molar-refractivity contribution < 1.29 is 14.6 Å². The van der Waals surface area contributed by atoms with E-state index < -0.39 is 5.97 Å². The first-order chi connectivity index (χ1) is 11.2. The third-order valence-corrected chi connectivity index (χ3v) is 3.40. The second-order valence-electron chi connectivity index (χ2n) is 5.01. The lowest BCUT2D eigenvalue weighted by Gasteiger charge is -2.09. The highest BCUT2D eigenvalue weighted by molar-refractivity contribution is 5.93. The summed E-state index contributed by atoms with van der Waals surface area (Å²) in [4.78, 5) is 15.2. The molecular formula is C19H15NO3. The summed E-state index contributed by atoms with van der Waals surface area (Å²) in [6.45, 7) is 0.461. The molecule has 0 unspecified atom stereocenters. The van der Waals surface area contributed by atoms with Gasteiger partial charge in [-0.25, -0.2) is 9.78 Å². The van der Waals surface area contributed by atoms with Gasteiger partial charge in [-0.3, -0.25) is 0 Å². The van der Waals surface area contributed by atoms with Gasteiger partial charge in [0, 0.05) is 11.8 Å². The number of ether oxygens (including phenoxy) is 1. The van der Waals surface area contributed by atoms with E-state index >= 15 is 0 Å². The summed E-state index contributed by atoms with van der Waals surface area (Å²) < 4.78 is 5.79. The van der Waals surface area contributed by atoms with Gasteiger partial charge in [0.1, 0.15) is 12.4 Å². The Balaban J connectivity index is 1.84. The van der Waals surface area contributed by atoms with E-state index in [1.807, 2.05) is 54.6 Å². The molecule has 0 radical (unpaired) electrons. The summed E-state index contributed by atoms with van der Waals surface area (Å²) in [5.41, 5.74) is 2.45. The van der Waals surface area contributed by atoms with E-state index in [1.165, 1.54) is 6.20 Å². The third-order valence-electron chi connectivity index (χ3n) is 3.40. The second kappa shape index (κ2) is 6.75. The van der Waals surface area contributed by atoms with Crippen LogP contribution in [0.25, 0.3) is 11.1 Å². The minimum absolute atomic E-state index is 0.0349. The van der Waals surface area contributed by atoms with Gasteiger partial charge in [-0.2, -0.15) is 0 Å². The highest BCUT2D eigenvalue weighted by Crippen LogP contribution is 2.26. The van der Waals surface area contributed by atoms with Crippen LogP contribution in [0, 0.1) is 0 Å². The van der Waals surface area contributed by atoms with E-state index in [0.717, 1.165) is 11.1 Å². The lowest BCUT2D eigenvalue weighted by atomic mass is 10.0. The lowest BCUT2D eigenvalue weighted by Crippen LogP contribution is -2.02. The SMILES string of the molecule is O=C(O)c1ncccc1-c1cccc(OCc2ccccc2)c1. The monoisotopic (exact) mass is 305 g/mol. The first-order valence-corrected chi connectivity index (χ1v) is 7.19. The van der Waals surface area contributed by atoms with Crippen molar-refractivity contribution in [2.45, 2.75) is 6.61 Å². The Hall–Kier alpha value is -3.14. The number of hydrogen-bond donors (Lipinski definition) is 1. The summed E-state index contributed by atoms with van der Waals surface area (Å²) in [5.74, 6) is -0.359. The maximum absolute atomic E-state index is 11.3. The molecule has 1 aromatic heterocycles. The molecule has 23 heavy (non-hydrogen) atoms. The average Bonchev–Trinajstić information content (AvgIpc) is 2.61. The molecule has 0 aliphatic carbocycles. The Labute approximate surface area is 134 Å². The lowest BCUT2D eigenvalue weighted by molar-refractivity contribution is 0.0691. The topological polar surface area (TPSA) is 59.4 Å². The highest BCUT2D eigenvalue weighted by Gasteiger charge is 2.13. The van der Waals surface area contributed by atoms with E-state index in [0.29, 0.717) is 17.9 Å². The van der Waals surface area contributed by atoms with Gasteiger partial charge in [-0.05, 0) is 29.3 Å². The van der Waals surface area contributed by atoms with Gasteiger partial charge in [0.05, 0.1) is 0 Å². The van der Waals surface area contributed by atoms with Crippen molar-refractivity contribution in [1.29, 1.82) is 0 Å². The number of carbonyl (C=O) groups is 1. The van der Waals surface area contributed by atoms with Crippen LogP contribution >= 0.6 is 0 Å². The van der Waals surface area contributed by atoms with Crippen molar-refractivity contribution in [2.24, 2.45) is 0 Å². The number of aromatic nitrogens is 1. The van der Waals surface area contributed by atoms with Crippen LogP contribution in [0.3, 0.4) is 0 Å². The van der Waals surface area contributed by atoms with Gasteiger partial charge in [0.15, 0.2) is 5.69 Å². The van der Waals surface area contributed by atoms with Crippen molar-refractivity contribution in [3.63, 3.8) is 0 Å². The van der Waals surface area contributed by atoms with Crippen molar-refractivity contribution in [3.05, 3.63) is 84.2 Å². The minimum Gasteiger partial charge on any atom is -0.489 e. The van der Waals surface area contributed by atoms with E-state index in [2.05, 4.69) is 4.98 Å². The first kappa shape index (κ1) is 14.8. The molecule has 0 amide bonds. The van der Waals surface area contributed by atoms with Gasteiger partial charge in [-0.15, -0.1) is 0 Å². The Bertz CT molecular complexity index is 816. The van der Waals surface area contributed by atoms with E-state index in [1.54, 1.807) is 12.1 Å². The van der Waals surface area contributed by atoms with Gasteiger partial charge in [0.25, 0.3) is 0 Å². The maximum atomic E-state index is 11.3. The van der Waals surface area contributed by atoms with Crippen molar-refractivity contribution in [3.8, 4) is 16.9 Å². The van der Waals surface area contributed by atoms with E-state index in [-0.39, 0.29) is 5.69 Å². The average molecular weight is 305 g/mol. The van der Waals surface area contributed by atoms with Crippen LogP contribution < -0.4 is 4.74 Å². The third kappa shape index (κ3) is 3.55. The van der Waals surface area contributed by atoms with Gasteiger partial charge in [0.2, 0.25) is 0 Å². The fraction of sp³-hybridized carbons (Fsp3) is 0.0526. The molecule has 1 N–H and O–H groups in total. The molecule has 0 atom stereocenters. The molecule has 0 bridgehead atoms. The van der Waals surface area contributed by atoms with Gasteiger partial charge < -0.3 is 9.84 Å². The summed E-state index contributed by atoms with van der Waals surface area (Å²) >= 11 is 0. The summed E-state index contributed by atoms with van der Waals surface area (Å²) in [6, 6.07) is 20.7. The standard InChI is InChI=1S/C19H15NO3/c21-19(22)18-17(10-5-11-20-18)15-8-4-9-16(12-15)23-13-14-6-2-1-3-7-14/h1-12H,13H2,(H,21,22). The van der Waals surface area contributed by atoms with Crippen LogP contribution in [-0.2, 0) is 6.61 Å². The van der Waals surface area contributed by atoms with Crippen molar-refractivity contribution in [2.75, 3.05) is 0 Å². The molecule has 0 spiro atoms. The number of pyridine rings is 1. The van der Waals surface area contributed by atoms with Crippen molar-refractivity contribution in [1.82, 2.24) is 4.98 Å². The van der Waals surface area contributed by atoms with Crippen LogP contribution in [0.2, 0.25) is 0 Å². The van der Waals surface area contributed by atoms with E-state index in [9.17, 15) is 9.90 Å². The number of rotatable bonds is 5. The molecule has 0 saturated heterocycles. The van der Waals surface area contributed by atoms with Crippen molar-refractivity contribution >= 4 is 5.97 Å². The van der Waals surface area contributed by atoms with Crippen LogP contribution in [0.1, 0.15) is 16.1 Å². The molecule has 4 nitrogen and oxygen atoms in total. The number of benzene rings is 2. The zero-order valence-corrected chi connectivity index (χ0v) is 12.3. The molecule has 0 aliphatic rings. The summed E-state index contributed by atoms with van der Waals surface area (Å²) in [5, 5.41) is 9.25. The normalized spacial score (nSPS) is 10.3. The Morgan fingerprint density at radius 2 is 1.83 bits per heavy atom. The first-order valence-electron chi connectivity index (χ1n) is 7.19. The molecule has 1 heterocycles. The smallest absolute Gasteiger partial charge is 0.355 e. The van der Waals surface area contributed by atoms with Gasteiger partial charge >= 0.3 is 5.97 Å². The highest BCUT2D eigenvalue weighted by atomic mass is 16.5. The predicted molar refractivity (Wildman–Crippen MR) is 87.4 cm³/mol. The molecule has 114 valence electrons. The fourth-order valence-electron chi connectivity index (χ4n) is 2.30. The molecule has 3 aromatic rings. The van der Waals surface area contributed by atoms with Crippen LogP contribution in [0.4, 0.5) is 0 Å². The predicted octanol–water partition coefficient (Wildman–Crippen LogP) is 4.03. The molecule has 0 saturated carbocycles. The molecule has 0 fully saturated rings. The van der Waals surface area contributed by atoms with Crippen LogP contribution in [0.5, 0.6) is 5.75 Å². The van der Waals surface area contributed by atoms with Crippen LogP contribution in [0.15, 0.2) is 72.9 Å². The number of carboxylic acids is 1. The number of aromatic carboxylic acids is 1. The molecule has 2 aromatic carbocycles. The Morgan fingerprint density at radius 1 is 1.00 bits per heavy atom. The zero-order chi connectivity index (χ0) is 16.1. The Morgan fingerprint density at radius 3 is 2.61 bits per heavy atom. The number of hydrogen-bond acceptors (Lipinski definition) is 3. The maximum Gasteiger partial charge on any atom is 0.355 e. The molecule has 3 rings (SSSR count).